The van der Waals surface area contributed by atoms with E-state index >= 15 is 0 Å². The van der Waals surface area contributed by atoms with Gasteiger partial charge in [0, 0.05) is 32.5 Å². The number of nitrogens with two attached hydrogens (primary N) is 1. The molecule has 3 amide bonds. The van der Waals surface area contributed by atoms with Crippen LogP contribution in [0.5, 0.6) is 0 Å². The number of carbonyl (C=O) groups is 3. The van der Waals surface area contributed by atoms with Crippen molar-refractivity contribution in [3.63, 3.8) is 0 Å². The van der Waals surface area contributed by atoms with Crippen LogP contribution in [-0.4, -0.2) is 43.4 Å². The average molecular weight is 553 g/mol. The fraction of sp³-hybridized carbons (Fsp3) is 0.906. The molecule has 1 atom stereocenters. The van der Waals surface area contributed by atoms with Crippen LogP contribution in [0.1, 0.15) is 162 Å². The molecule has 0 fully saturated rings. The van der Waals surface area contributed by atoms with Crippen molar-refractivity contribution in [3.8, 4) is 0 Å². The second kappa shape index (κ2) is 29.4. The Morgan fingerprint density at radius 2 is 0.949 bits per heavy atom. The number of carbonyl (C=O) groups excluding carboxylic acids is 3. The first-order valence-electron chi connectivity index (χ1n) is 16.6. The van der Waals surface area contributed by atoms with Crippen molar-refractivity contribution in [1.29, 1.82) is 0 Å². The molecule has 7 nitrogen and oxygen atoms in total. The molecule has 0 bridgehead atoms. The van der Waals surface area contributed by atoms with Crippen LogP contribution in [0.4, 0.5) is 0 Å². The largest absolute Gasteiger partial charge is 0.356 e. The van der Waals surface area contributed by atoms with Gasteiger partial charge in [0.25, 0.3) is 0 Å². The van der Waals surface area contributed by atoms with Gasteiger partial charge >= 0.3 is 0 Å². The highest BCUT2D eigenvalue weighted by Gasteiger charge is 2.21. The Kier molecular flexibility index (Phi) is 28.1. The minimum atomic E-state index is -0.699. The summed E-state index contributed by atoms with van der Waals surface area (Å²) in [4.78, 5) is 37.1. The van der Waals surface area contributed by atoms with Gasteiger partial charge in [0.15, 0.2) is 0 Å². The first-order chi connectivity index (χ1) is 19.0. The van der Waals surface area contributed by atoms with Gasteiger partial charge in [0.2, 0.25) is 17.7 Å². The molecule has 0 spiro atoms. The SMILES string of the molecule is CCCCCCCCCCCCNC(=O)CCC(NC(=O)CCN)C(=O)NCCCCCCCCCCCC. The minimum absolute atomic E-state index is 0.0634. The summed E-state index contributed by atoms with van der Waals surface area (Å²) in [6, 6.07) is -0.699. The van der Waals surface area contributed by atoms with E-state index in [1.807, 2.05) is 0 Å². The van der Waals surface area contributed by atoms with E-state index < -0.39 is 6.04 Å². The first kappa shape index (κ1) is 37.4. The highest BCUT2D eigenvalue weighted by atomic mass is 16.2. The molecular formula is C32H64N4O3. The summed E-state index contributed by atoms with van der Waals surface area (Å²) in [6.45, 7) is 5.99. The second-order valence-corrected chi connectivity index (χ2v) is 11.2. The zero-order chi connectivity index (χ0) is 28.8. The van der Waals surface area contributed by atoms with E-state index in [4.69, 9.17) is 5.73 Å². The zero-order valence-electron chi connectivity index (χ0n) is 25.8. The molecule has 0 aliphatic heterocycles. The lowest BCUT2D eigenvalue weighted by atomic mass is 10.1. The van der Waals surface area contributed by atoms with E-state index in [1.165, 1.54) is 103 Å². The number of rotatable bonds is 29. The van der Waals surface area contributed by atoms with Crippen molar-refractivity contribution in [2.45, 2.75) is 168 Å². The molecule has 0 saturated heterocycles. The lowest BCUT2D eigenvalue weighted by molar-refractivity contribution is -0.129. The van der Waals surface area contributed by atoms with E-state index in [1.54, 1.807) is 0 Å². The molecule has 5 N–H and O–H groups in total. The summed E-state index contributed by atoms with van der Waals surface area (Å²) in [7, 11) is 0. The molecule has 39 heavy (non-hydrogen) atoms. The summed E-state index contributed by atoms with van der Waals surface area (Å²) >= 11 is 0. The molecule has 0 aliphatic carbocycles. The van der Waals surface area contributed by atoms with Gasteiger partial charge in [-0.3, -0.25) is 14.4 Å². The predicted molar refractivity (Wildman–Crippen MR) is 165 cm³/mol. The van der Waals surface area contributed by atoms with Crippen molar-refractivity contribution in [2.24, 2.45) is 5.73 Å². The Morgan fingerprint density at radius 1 is 0.538 bits per heavy atom. The zero-order valence-corrected chi connectivity index (χ0v) is 25.8. The molecule has 0 aliphatic rings. The molecule has 0 rings (SSSR count). The molecule has 0 radical (unpaired) electrons. The average Bonchev–Trinajstić information content (AvgIpc) is 2.92. The molecule has 7 heteroatoms. The molecule has 0 aromatic rings. The van der Waals surface area contributed by atoms with Crippen molar-refractivity contribution in [1.82, 2.24) is 16.0 Å². The lowest BCUT2D eigenvalue weighted by Gasteiger charge is -2.18. The second-order valence-electron chi connectivity index (χ2n) is 11.2. The van der Waals surface area contributed by atoms with Crippen LogP contribution in [0.25, 0.3) is 0 Å². The Hall–Kier alpha value is -1.63. The molecule has 0 saturated carbocycles. The number of hydrogen-bond donors (Lipinski definition) is 4. The maximum atomic E-state index is 12.7. The van der Waals surface area contributed by atoms with Crippen LogP contribution in [0.15, 0.2) is 0 Å². The molecule has 0 heterocycles. The topological polar surface area (TPSA) is 113 Å². The van der Waals surface area contributed by atoms with Gasteiger partial charge in [-0.15, -0.1) is 0 Å². The summed E-state index contributed by atoms with van der Waals surface area (Å²) in [6.07, 6.45) is 25.8. The minimum Gasteiger partial charge on any atom is -0.356 e. The lowest BCUT2D eigenvalue weighted by Crippen LogP contribution is -2.47. The third-order valence-corrected chi connectivity index (χ3v) is 7.37. The van der Waals surface area contributed by atoms with Crippen molar-refractivity contribution in [3.05, 3.63) is 0 Å². The molecule has 0 aromatic carbocycles. The standard InChI is InChI=1S/C32H64N4O3/c1-3-5-7-9-11-13-15-17-19-21-27-34-30(37)24-23-29(36-31(38)25-26-33)32(39)35-28-22-20-18-16-14-12-10-8-6-4-2/h29H,3-28,33H2,1-2H3,(H,34,37)(H,35,39)(H,36,38). The van der Waals surface area contributed by atoms with Crippen LogP contribution in [0, 0.1) is 0 Å². The Morgan fingerprint density at radius 3 is 1.38 bits per heavy atom. The summed E-state index contributed by atoms with van der Waals surface area (Å²) in [5, 5.41) is 8.68. The van der Waals surface area contributed by atoms with Gasteiger partial charge in [-0.2, -0.15) is 0 Å². The Bertz CT molecular complexity index is 586. The van der Waals surface area contributed by atoms with Crippen LogP contribution in [0.3, 0.4) is 0 Å². The number of nitrogens with one attached hydrogen (secondary N) is 3. The van der Waals surface area contributed by atoms with Gasteiger partial charge in [-0.05, 0) is 19.3 Å². The van der Waals surface area contributed by atoms with Crippen LogP contribution in [-0.2, 0) is 14.4 Å². The highest BCUT2D eigenvalue weighted by molar-refractivity contribution is 5.88. The maximum Gasteiger partial charge on any atom is 0.242 e. The van der Waals surface area contributed by atoms with Gasteiger partial charge < -0.3 is 21.7 Å². The number of hydrogen-bond acceptors (Lipinski definition) is 4. The Labute approximate surface area is 241 Å². The predicted octanol–water partition coefficient (Wildman–Crippen LogP) is 6.67. The van der Waals surface area contributed by atoms with Crippen molar-refractivity contribution < 1.29 is 14.4 Å². The van der Waals surface area contributed by atoms with Gasteiger partial charge in [0.1, 0.15) is 6.04 Å². The van der Waals surface area contributed by atoms with E-state index in [9.17, 15) is 14.4 Å². The van der Waals surface area contributed by atoms with Gasteiger partial charge in [0.05, 0.1) is 0 Å². The maximum absolute atomic E-state index is 12.7. The first-order valence-corrected chi connectivity index (χ1v) is 16.6. The van der Waals surface area contributed by atoms with Crippen molar-refractivity contribution >= 4 is 17.7 Å². The van der Waals surface area contributed by atoms with Crippen molar-refractivity contribution in [2.75, 3.05) is 19.6 Å². The quantitative estimate of drug-likeness (QED) is 0.0776. The van der Waals surface area contributed by atoms with E-state index in [2.05, 4.69) is 29.8 Å². The smallest absolute Gasteiger partial charge is 0.242 e. The molecule has 1 unspecified atom stereocenters. The van der Waals surface area contributed by atoms with E-state index in [0.29, 0.717) is 19.5 Å². The van der Waals surface area contributed by atoms with Gasteiger partial charge in [-0.1, -0.05) is 129 Å². The van der Waals surface area contributed by atoms with Crippen LogP contribution in [0.2, 0.25) is 0 Å². The van der Waals surface area contributed by atoms with E-state index in [0.717, 1.165) is 25.7 Å². The normalized spacial score (nSPS) is 11.8. The summed E-state index contributed by atoms with van der Waals surface area (Å²) < 4.78 is 0. The molecular weight excluding hydrogens is 488 g/mol. The summed E-state index contributed by atoms with van der Waals surface area (Å²) in [5.74, 6) is -0.521. The monoisotopic (exact) mass is 552 g/mol. The van der Waals surface area contributed by atoms with E-state index in [-0.39, 0.29) is 37.1 Å². The molecule has 230 valence electrons. The Balaban J connectivity index is 4.03. The third kappa shape index (κ3) is 26.4. The fourth-order valence-corrected chi connectivity index (χ4v) is 4.82. The van der Waals surface area contributed by atoms with Gasteiger partial charge in [-0.25, -0.2) is 0 Å². The fourth-order valence-electron chi connectivity index (χ4n) is 4.82. The molecule has 0 aromatic heterocycles. The van der Waals surface area contributed by atoms with Crippen LogP contribution >= 0.6 is 0 Å². The number of amides is 3. The summed E-state index contributed by atoms with van der Waals surface area (Å²) in [5.41, 5.74) is 5.49. The highest BCUT2D eigenvalue weighted by Crippen LogP contribution is 2.11. The van der Waals surface area contributed by atoms with Crippen LogP contribution < -0.4 is 21.7 Å². The number of unbranched alkanes of at least 4 members (excludes halogenated alkanes) is 18. The third-order valence-electron chi connectivity index (χ3n) is 7.37.